The van der Waals surface area contributed by atoms with Crippen molar-refractivity contribution in [1.29, 1.82) is 0 Å². The highest BCUT2D eigenvalue weighted by atomic mass is 16.5. The van der Waals surface area contributed by atoms with Gasteiger partial charge in [0, 0.05) is 19.1 Å². The summed E-state index contributed by atoms with van der Waals surface area (Å²) in [4.78, 5) is 13.6. The predicted molar refractivity (Wildman–Crippen MR) is 69.5 cm³/mol. The van der Waals surface area contributed by atoms with E-state index in [-0.39, 0.29) is 18.1 Å². The van der Waals surface area contributed by atoms with Crippen molar-refractivity contribution in [3.63, 3.8) is 0 Å². The molecule has 0 aromatic heterocycles. The van der Waals surface area contributed by atoms with Crippen LogP contribution in [-0.4, -0.2) is 37.2 Å². The molecule has 1 aromatic rings. The summed E-state index contributed by atoms with van der Waals surface area (Å²) in [5, 5.41) is 2.96. The van der Waals surface area contributed by atoms with Gasteiger partial charge in [0.05, 0.1) is 13.2 Å². The fraction of sp³-hybridized carbons (Fsp3) is 0.462. The number of ether oxygens (including phenoxy) is 1. The minimum atomic E-state index is -0.0548. The molecule has 2 atom stereocenters. The number of carbonyl (C=O) groups is 1. The fourth-order valence-corrected chi connectivity index (χ4v) is 2.11. The molecule has 1 heterocycles. The Morgan fingerprint density at radius 2 is 2.39 bits per heavy atom. The van der Waals surface area contributed by atoms with Crippen LogP contribution in [0, 0.1) is 0 Å². The third-order valence-electron chi connectivity index (χ3n) is 3.31. The van der Waals surface area contributed by atoms with Crippen molar-refractivity contribution in [3.8, 4) is 5.75 Å². The number of benzene rings is 1. The van der Waals surface area contributed by atoms with Crippen molar-refractivity contribution in [2.24, 2.45) is 5.73 Å². The summed E-state index contributed by atoms with van der Waals surface area (Å²) in [6.07, 6.45) is 0. The molecule has 1 saturated heterocycles. The molecule has 0 radical (unpaired) electrons. The maximum Gasteiger partial charge on any atom is 0.318 e. The highest BCUT2D eigenvalue weighted by Crippen LogP contribution is 2.24. The van der Waals surface area contributed by atoms with Crippen LogP contribution in [0.25, 0.3) is 0 Å². The number of nitrogens with two attached hydrogens (primary N) is 1. The average molecular weight is 249 g/mol. The van der Waals surface area contributed by atoms with E-state index in [0.29, 0.717) is 13.1 Å². The number of amides is 2. The zero-order valence-corrected chi connectivity index (χ0v) is 10.7. The molecule has 2 unspecified atom stereocenters. The van der Waals surface area contributed by atoms with Gasteiger partial charge < -0.3 is 20.7 Å². The minimum Gasteiger partial charge on any atom is -0.497 e. The Kier molecular flexibility index (Phi) is 3.72. The van der Waals surface area contributed by atoms with Gasteiger partial charge >= 0.3 is 6.03 Å². The van der Waals surface area contributed by atoms with Gasteiger partial charge in [0.1, 0.15) is 5.75 Å². The molecule has 1 aromatic carbocycles. The first-order valence-corrected chi connectivity index (χ1v) is 6.07. The van der Waals surface area contributed by atoms with Crippen LogP contribution in [0.5, 0.6) is 5.75 Å². The number of hydrogen-bond acceptors (Lipinski definition) is 3. The molecule has 98 valence electrons. The van der Waals surface area contributed by atoms with E-state index in [4.69, 9.17) is 10.5 Å². The van der Waals surface area contributed by atoms with E-state index in [1.54, 1.807) is 12.0 Å². The first kappa shape index (κ1) is 12.7. The van der Waals surface area contributed by atoms with Gasteiger partial charge in [-0.05, 0) is 24.6 Å². The first-order chi connectivity index (χ1) is 8.65. The quantitative estimate of drug-likeness (QED) is 0.840. The Balaban J connectivity index is 2.14. The summed E-state index contributed by atoms with van der Waals surface area (Å²) in [7, 11) is 1.63. The van der Waals surface area contributed by atoms with Crippen molar-refractivity contribution in [2.75, 3.05) is 20.2 Å². The van der Waals surface area contributed by atoms with Crippen molar-refractivity contribution in [3.05, 3.63) is 29.8 Å². The number of methoxy groups -OCH3 is 1. The van der Waals surface area contributed by atoms with Gasteiger partial charge in [-0.1, -0.05) is 12.1 Å². The van der Waals surface area contributed by atoms with Gasteiger partial charge in [0.2, 0.25) is 0 Å². The smallest absolute Gasteiger partial charge is 0.318 e. The van der Waals surface area contributed by atoms with Gasteiger partial charge in [0.25, 0.3) is 0 Å². The lowest BCUT2D eigenvalue weighted by atomic mass is 10.1. The van der Waals surface area contributed by atoms with Crippen molar-refractivity contribution in [1.82, 2.24) is 10.2 Å². The number of carbonyl (C=O) groups excluding carboxylic acids is 1. The number of nitrogens with zero attached hydrogens (tertiary/aromatic N) is 1. The number of nitrogens with one attached hydrogen (secondary N) is 1. The van der Waals surface area contributed by atoms with Crippen LogP contribution >= 0.6 is 0 Å². The standard InChI is InChI=1S/C13H19N3O2/c1-9(7-14)16-8-12(15-13(16)17)10-4-3-5-11(6-10)18-2/h3-6,9,12H,7-8,14H2,1-2H3,(H,15,17). The van der Waals surface area contributed by atoms with Crippen LogP contribution in [0.3, 0.4) is 0 Å². The molecule has 1 aliphatic rings. The van der Waals surface area contributed by atoms with Crippen LogP contribution in [0.1, 0.15) is 18.5 Å². The van der Waals surface area contributed by atoms with Crippen molar-refractivity contribution < 1.29 is 9.53 Å². The molecular formula is C13H19N3O2. The van der Waals surface area contributed by atoms with Crippen molar-refractivity contribution >= 4 is 6.03 Å². The third-order valence-corrected chi connectivity index (χ3v) is 3.31. The SMILES string of the molecule is COc1cccc(C2CN(C(C)CN)C(=O)N2)c1. The topological polar surface area (TPSA) is 67.6 Å². The number of hydrogen-bond donors (Lipinski definition) is 2. The maximum atomic E-state index is 11.8. The summed E-state index contributed by atoms with van der Waals surface area (Å²) >= 11 is 0. The van der Waals surface area contributed by atoms with E-state index < -0.39 is 0 Å². The van der Waals surface area contributed by atoms with Crippen molar-refractivity contribution in [2.45, 2.75) is 19.0 Å². The van der Waals surface area contributed by atoms with E-state index in [0.717, 1.165) is 11.3 Å². The van der Waals surface area contributed by atoms with Crippen LogP contribution in [-0.2, 0) is 0 Å². The van der Waals surface area contributed by atoms with Gasteiger partial charge in [-0.15, -0.1) is 0 Å². The summed E-state index contributed by atoms with van der Waals surface area (Å²) in [5.41, 5.74) is 6.65. The molecule has 0 bridgehead atoms. The molecule has 0 saturated carbocycles. The molecule has 18 heavy (non-hydrogen) atoms. The molecule has 3 N–H and O–H groups in total. The lowest BCUT2D eigenvalue weighted by Gasteiger charge is -2.21. The fourth-order valence-electron chi connectivity index (χ4n) is 2.11. The molecule has 1 aliphatic heterocycles. The van der Waals surface area contributed by atoms with E-state index in [1.165, 1.54) is 0 Å². The zero-order valence-electron chi connectivity index (χ0n) is 10.7. The summed E-state index contributed by atoms with van der Waals surface area (Å²) in [5.74, 6) is 0.798. The van der Waals surface area contributed by atoms with Gasteiger partial charge in [-0.2, -0.15) is 0 Å². The van der Waals surface area contributed by atoms with Gasteiger partial charge in [-0.25, -0.2) is 4.79 Å². The van der Waals surface area contributed by atoms with Crippen LogP contribution in [0.4, 0.5) is 4.79 Å². The normalized spacial score (nSPS) is 20.7. The Bertz CT molecular complexity index is 436. The molecule has 0 spiro atoms. The first-order valence-electron chi connectivity index (χ1n) is 6.07. The van der Waals surface area contributed by atoms with Gasteiger partial charge in [-0.3, -0.25) is 0 Å². The second-order valence-electron chi connectivity index (χ2n) is 4.52. The lowest BCUT2D eigenvalue weighted by Crippen LogP contribution is -2.40. The summed E-state index contributed by atoms with van der Waals surface area (Å²) < 4.78 is 5.19. The predicted octanol–water partition coefficient (Wildman–Crippen LogP) is 1.11. The molecule has 2 rings (SSSR count). The van der Waals surface area contributed by atoms with E-state index in [2.05, 4.69) is 5.32 Å². The van der Waals surface area contributed by atoms with Crippen LogP contribution in [0.15, 0.2) is 24.3 Å². The highest BCUT2D eigenvalue weighted by Gasteiger charge is 2.32. The molecule has 5 heteroatoms. The monoisotopic (exact) mass is 249 g/mol. The second-order valence-corrected chi connectivity index (χ2v) is 4.52. The van der Waals surface area contributed by atoms with E-state index in [9.17, 15) is 4.79 Å². The largest absolute Gasteiger partial charge is 0.497 e. The Labute approximate surface area is 107 Å². The number of rotatable bonds is 4. The Morgan fingerprint density at radius 3 is 3.06 bits per heavy atom. The van der Waals surface area contributed by atoms with Crippen LogP contribution in [0.2, 0.25) is 0 Å². The highest BCUT2D eigenvalue weighted by molar-refractivity contribution is 5.77. The van der Waals surface area contributed by atoms with E-state index >= 15 is 0 Å². The molecule has 0 aliphatic carbocycles. The Hall–Kier alpha value is -1.75. The molecule has 5 nitrogen and oxygen atoms in total. The summed E-state index contributed by atoms with van der Waals surface area (Å²) in [6.45, 7) is 3.07. The van der Waals surface area contributed by atoms with E-state index in [1.807, 2.05) is 31.2 Å². The van der Waals surface area contributed by atoms with Gasteiger partial charge in [0.15, 0.2) is 0 Å². The third kappa shape index (κ3) is 2.41. The number of urea groups is 1. The lowest BCUT2D eigenvalue weighted by molar-refractivity contribution is 0.203. The molecular weight excluding hydrogens is 230 g/mol. The second kappa shape index (κ2) is 5.27. The Morgan fingerprint density at radius 1 is 1.61 bits per heavy atom. The molecule has 2 amide bonds. The average Bonchev–Trinajstić information content (AvgIpc) is 2.80. The zero-order chi connectivity index (χ0) is 13.1. The minimum absolute atomic E-state index is 0.00148. The summed E-state index contributed by atoms with van der Waals surface area (Å²) in [6, 6.07) is 7.75. The maximum absolute atomic E-state index is 11.8. The van der Waals surface area contributed by atoms with Crippen LogP contribution < -0.4 is 15.8 Å². The molecule has 1 fully saturated rings.